The van der Waals surface area contributed by atoms with Crippen LogP contribution in [0.1, 0.15) is 42.1 Å². The van der Waals surface area contributed by atoms with Crippen molar-refractivity contribution in [3.8, 4) is 5.75 Å². The van der Waals surface area contributed by atoms with Gasteiger partial charge in [0, 0.05) is 31.4 Å². The van der Waals surface area contributed by atoms with E-state index in [1.807, 2.05) is 10.6 Å². The molecule has 2 aromatic rings. The predicted octanol–water partition coefficient (Wildman–Crippen LogP) is 1.97. The number of anilines is 1. The molecule has 0 radical (unpaired) electrons. The maximum absolute atomic E-state index is 12.7. The number of carboxylic acid groups (broad SMARTS) is 1. The molecule has 7 nitrogen and oxygen atoms in total. The van der Waals surface area contributed by atoms with Crippen molar-refractivity contribution in [3.63, 3.8) is 0 Å². The van der Waals surface area contributed by atoms with Crippen LogP contribution in [0.3, 0.4) is 0 Å². The summed E-state index contributed by atoms with van der Waals surface area (Å²) in [6, 6.07) is 3.90. The van der Waals surface area contributed by atoms with E-state index in [-0.39, 0.29) is 17.6 Å². The van der Waals surface area contributed by atoms with E-state index in [0.717, 1.165) is 44.5 Å². The van der Waals surface area contributed by atoms with E-state index in [1.54, 1.807) is 13.2 Å². The van der Waals surface area contributed by atoms with Gasteiger partial charge in [0.1, 0.15) is 5.56 Å². The minimum atomic E-state index is -1.20. The normalized spacial score (nSPS) is 20.4. The molecule has 2 aliphatic rings. The lowest BCUT2D eigenvalue weighted by atomic mass is 10.0. The summed E-state index contributed by atoms with van der Waals surface area (Å²) in [5.41, 5.74) is 7.06. The highest BCUT2D eigenvalue weighted by Crippen LogP contribution is 2.42. The van der Waals surface area contributed by atoms with Crippen molar-refractivity contribution in [1.82, 2.24) is 4.57 Å². The van der Waals surface area contributed by atoms with Gasteiger partial charge in [-0.15, -0.1) is 0 Å². The Bertz CT molecular complexity index is 933. The van der Waals surface area contributed by atoms with E-state index < -0.39 is 11.4 Å². The topological polar surface area (TPSA) is 97.8 Å². The highest BCUT2D eigenvalue weighted by molar-refractivity contribution is 5.97. The molecule has 138 valence electrons. The zero-order chi connectivity index (χ0) is 18.4. The van der Waals surface area contributed by atoms with Crippen LogP contribution in [0, 0.1) is 0 Å². The minimum absolute atomic E-state index is 0.115. The molecule has 1 saturated carbocycles. The fraction of sp³-hybridized carbons (Fsp3) is 0.474. The third kappa shape index (κ3) is 2.72. The number of hydrogen-bond acceptors (Lipinski definition) is 5. The first-order valence-corrected chi connectivity index (χ1v) is 9.01. The number of aromatic carboxylic acids is 1. The molecule has 7 heteroatoms. The van der Waals surface area contributed by atoms with Crippen LogP contribution < -0.4 is 20.8 Å². The number of nitrogens with zero attached hydrogens (tertiary/aromatic N) is 2. The van der Waals surface area contributed by atoms with Gasteiger partial charge in [-0.1, -0.05) is 0 Å². The summed E-state index contributed by atoms with van der Waals surface area (Å²) in [5.74, 6) is -0.575. The highest BCUT2D eigenvalue weighted by atomic mass is 16.5. The average molecular weight is 357 g/mol. The van der Waals surface area contributed by atoms with Gasteiger partial charge in [0.2, 0.25) is 5.43 Å². The van der Waals surface area contributed by atoms with Gasteiger partial charge < -0.3 is 25.0 Å². The maximum Gasteiger partial charge on any atom is 0.341 e. The summed E-state index contributed by atoms with van der Waals surface area (Å²) < 4.78 is 7.64. The molecule has 1 aromatic carbocycles. The summed E-state index contributed by atoms with van der Waals surface area (Å²) in [4.78, 5) is 26.4. The first-order valence-electron chi connectivity index (χ1n) is 9.01. The Morgan fingerprint density at radius 1 is 1.31 bits per heavy atom. The first-order chi connectivity index (χ1) is 12.5. The van der Waals surface area contributed by atoms with Crippen LogP contribution in [-0.2, 0) is 0 Å². The van der Waals surface area contributed by atoms with Crippen LogP contribution >= 0.6 is 0 Å². The molecule has 1 aromatic heterocycles. The predicted molar refractivity (Wildman–Crippen MR) is 99.4 cm³/mol. The summed E-state index contributed by atoms with van der Waals surface area (Å²) in [6.45, 7) is 1.62. The SMILES string of the molecule is COc1c(N2CCC[C@H](N)C2)ccc2c(=O)c(C(=O)O)cn(C3CC3)c12. The van der Waals surface area contributed by atoms with Gasteiger partial charge in [-0.2, -0.15) is 0 Å². The summed E-state index contributed by atoms with van der Waals surface area (Å²) in [5, 5.41) is 9.79. The van der Waals surface area contributed by atoms with Crippen LogP contribution in [0.4, 0.5) is 5.69 Å². The van der Waals surface area contributed by atoms with Crippen molar-refractivity contribution < 1.29 is 14.6 Å². The quantitative estimate of drug-likeness (QED) is 0.868. The second-order valence-electron chi connectivity index (χ2n) is 7.18. The zero-order valence-corrected chi connectivity index (χ0v) is 14.8. The van der Waals surface area contributed by atoms with Crippen LogP contribution in [-0.4, -0.2) is 41.9 Å². The summed E-state index contributed by atoms with van der Waals surface area (Å²) >= 11 is 0. The first kappa shape index (κ1) is 16.9. The third-order valence-corrected chi connectivity index (χ3v) is 5.30. The number of benzene rings is 1. The number of carboxylic acids is 1. The summed E-state index contributed by atoms with van der Waals surface area (Å²) in [7, 11) is 1.59. The molecule has 2 fully saturated rings. The average Bonchev–Trinajstić information content (AvgIpc) is 3.46. The maximum atomic E-state index is 12.7. The molecule has 3 N–H and O–H groups in total. The van der Waals surface area contributed by atoms with Crippen molar-refractivity contribution >= 4 is 22.6 Å². The molecule has 0 amide bonds. The van der Waals surface area contributed by atoms with Crippen LogP contribution in [0.15, 0.2) is 23.1 Å². The number of ether oxygens (including phenoxy) is 1. The Labute approximate surface area is 151 Å². The second-order valence-corrected chi connectivity index (χ2v) is 7.18. The number of methoxy groups -OCH3 is 1. The van der Waals surface area contributed by atoms with Gasteiger partial charge in [-0.25, -0.2) is 4.79 Å². The van der Waals surface area contributed by atoms with Crippen molar-refractivity contribution in [1.29, 1.82) is 0 Å². The van der Waals surface area contributed by atoms with Crippen LogP contribution in [0.5, 0.6) is 5.75 Å². The number of aromatic nitrogens is 1. The van der Waals surface area contributed by atoms with Crippen LogP contribution in [0.25, 0.3) is 10.9 Å². The van der Waals surface area contributed by atoms with E-state index >= 15 is 0 Å². The van der Waals surface area contributed by atoms with Crippen LogP contribution in [0.2, 0.25) is 0 Å². The van der Waals surface area contributed by atoms with Gasteiger partial charge in [0.05, 0.1) is 23.7 Å². The Balaban J connectivity index is 1.97. The van der Waals surface area contributed by atoms with Gasteiger partial charge in [-0.3, -0.25) is 4.79 Å². The fourth-order valence-corrected chi connectivity index (χ4v) is 3.88. The molecular formula is C19H23N3O4. The van der Waals surface area contributed by atoms with E-state index in [4.69, 9.17) is 10.5 Å². The lowest BCUT2D eigenvalue weighted by Gasteiger charge is -2.34. The van der Waals surface area contributed by atoms with E-state index in [0.29, 0.717) is 16.7 Å². The number of carbonyl (C=O) groups is 1. The number of hydrogen-bond donors (Lipinski definition) is 2. The Hall–Kier alpha value is -2.54. The van der Waals surface area contributed by atoms with E-state index in [1.165, 1.54) is 6.20 Å². The molecule has 2 heterocycles. The number of fused-ring (bicyclic) bond motifs is 1. The van der Waals surface area contributed by atoms with Crippen molar-refractivity contribution in [2.75, 3.05) is 25.1 Å². The van der Waals surface area contributed by atoms with Crippen molar-refractivity contribution in [3.05, 3.63) is 34.1 Å². The molecule has 26 heavy (non-hydrogen) atoms. The Morgan fingerprint density at radius 3 is 2.69 bits per heavy atom. The molecule has 1 aliphatic heterocycles. The lowest BCUT2D eigenvalue weighted by molar-refractivity contribution is 0.0695. The van der Waals surface area contributed by atoms with Gasteiger partial charge in [0.15, 0.2) is 5.75 Å². The monoisotopic (exact) mass is 357 g/mol. The van der Waals surface area contributed by atoms with E-state index in [9.17, 15) is 14.7 Å². The fourth-order valence-electron chi connectivity index (χ4n) is 3.88. The molecule has 1 aliphatic carbocycles. The van der Waals surface area contributed by atoms with Gasteiger partial charge >= 0.3 is 5.97 Å². The molecule has 1 atom stereocenters. The molecule has 4 rings (SSSR count). The van der Waals surface area contributed by atoms with E-state index in [2.05, 4.69) is 4.90 Å². The number of pyridine rings is 1. The second kappa shape index (κ2) is 6.32. The molecular weight excluding hydrogens is 334 g/mol. The standard InChI is InChI=1S/C19H23N3O4/c1-26-18-15(21-8-2-3-11(20)9-21)7-6-13-16(18)22(12-4-5-12)10-14(17(13)23)19(24)25/h6-7,10-12H,2-5,8-9,20H2,1H3,(H,24,25)/t11-/m0/s1. The Kier molecular flexibility index (Phi) is 4.11. The lowest BCUT2D eigenvalue weighted by Crippen LogP contribution is -2.43. The number of piperidine rings is 1. The largest absolute Gasteiger partial charge is 0.492 e. The molecule has 1 saturated heterocycles. The molecule has 0 bridgehead atoms. The van der Waals surface area contributed by atoms with Gasteiger partial charge in [0.25, 0.3) is 0 Å². The Morgan fingerprint density at radius 2 is 2.08 bits per heavy atom. The molecule has 0 unspecified atom stereocenters. The number of nitrogens with two attached hydrogens (primary N) is 1. The third-order valence-electron chi connectivity index (χ3n) is 5.30. The van der Waals surface area contributed by atoms with Gasteiger partial charge in [-0.05, 0) is 37.8 Å². The zero-order valence-electron chi connectivity index (χ0n) is 14.8. The smallest absolute Gasteiger partial charge is 0.341 e. The highest BCUT2D eigenvalue weighted by Gasteiger charge is 2.30. The minimum Gasteiger partial charge on any atom is -0.492 e. The summed E-state index contributed by atoms with van der Waals surface area (Å²) in [6.07, 6.45) is 5.42. The van der Waals surface area contributed by atoms with Crippen molar-refractivity contribution in [2.45, 2.75) is 37.8 Å². The van der Waals surface area contributed by atoms with Crippen molar-refractivity contribution in [2.24, 2.45) is 5.73 Å². The molecule has 0 spiro atoms. The number of rotatable bonds is 4.